The molecule has 1 heterocycles. The van der Waals surface area contributed by atoms with E-state index in [0.717, 1.165) is 25.7 Å². The van der Waals surface area contributed by atoms with Crippen molar-refractivity contribution in [3.63, 3.8) is 0 Å². The van der Waals surface area contributed by atoms with Crippen molar-refractivity contribution < 1.29 is 13.2 Å². The largest absolute Gasteiger partial charge is 0.359 e. The van der Waals surface area contributed by atoms with Crippen LogP contribution in [0.5, 0.6) is 0 Å². The summed E-state index contributed by atoms with van der Waals surface area (Å²) in [5.74, 6) is -0.113. The zero-order chi connectivity index (χ0) is 19.1. The first-order valence-electron chi connectivity index (χ1n) is 8.17. The Morgan fingerprint density at radius 1 is 1.24 bits per heavy atom. The van der Waals surface area contributed by atoms with Crippen molar-refractivity contribution in [2.75, 3.05) is 11.5 Å². The highest BCUT2D eigenvalue weighted by Crippen LogP contribution is 2.29. The van der Waals surface area contributed by atoms with E-state index in [1.54, 1.807) is 0 Å². The van der Waals surface area contributed by atoms with Crippen LogP contribution in [0.1, 0.15) is 45.4 Å². The average Bonchev–Trinajstić information content (AvgIpc) is 2.80. The summed E-state index contributed by atoms with van der Waals surface area (Å²) < 4.78 is 21.1. The second-order valence-electron chi connectivity index (χ2n) is 6.07. The van der Waals surface area contributed by atoms with Gasteiger partial charge >= 0.3 is 0 Å². The molecule has 1 aliphatic rings. The summed E-state index contributed by atoms with van der Waals surface area (Å²) in [5.41, 5.74) is 0. The van der Waals surface area contributed by atoms with Crippen LogP contribution in [0.2, 0.25) is 0 Å². The van der Waals surface area contributed by atoms with Crippen LogP contribution in [0.15, 0.2) is 0 Å². The molecule has 6 nitrogen and oxygen atoms in total. The van der Waals surface area contributed by atoms with Gasteiger partial charge in [-0.1, -0.05) is 61.0 Å². The predicted octanol–water partition coefficient (Wildman–Crippen LogP) is 2.42. The molecule has 1 saturated heterocycles. The Kier molecular flexibility index (Phi) is 9.53. The molecular formula is C14H24Cl3N3O3S2. The number of sulfone groups is 1. The van der Waals surface area contributed by atoms with Crippen molar-refractivity contribution in [3.05, 3.63) is 0 Å². The molecule has 1 amide bonds. The van der Waals surface area contributed by atoms with E-state index in [9.17, 15) is 13.2 Å². The first-order valence-corrected chi connectivity index (χ1v) is 11.5. The molecule has 0 aromatic carbocycles. The number of hydrogen-bond acceptors (Lipinski definition) is 4. The quantitative estimate of drug-likeness (QED) is 0.227. The maximum Gasteiger partial charge on any atom is 0.228 e. The van der Waals surface area contributed by atoms with E-state index < -0.39 is 19.8 Å². The predicted molar refractivity (Wildman–Crippen MR) is 107 cm³/mol. The van der Waals surface area contributed by atoms with E-state index >= 15 is 0 Å². The second-order valence-corrected chi connectivity index (χ2v) is 11.1. The fourth-order valence-corrected chi connectivity index (χ4v) is 4.70. The Morgan fingerprint density at radius 2 is 1.92 bits per heavy atom. The normalized spacial score (nSPS) is 20.7. The SMILES string of the molecule is CCCCCCC(=O)N[C@H](NC(=S)N[C@@H]1CCS(=O)(=O)C1)C(Cl)(Cl)Cl. The summed E-state index contributed by atoms with van der Waals surface area (Å²) in [6.45, 7) is 2.09. The van der Waals surface area contributed by atoms with E-state index in [-0.39, 0.29) is 28.6 Å². The Balaban J connectivity index is 2.50. The number of thiocarbonyl (C=S) groups is 1. The van der Waals surface area contributed by atoms with Gasteiger partial charge in [0.1, 0.15) is 6.17 Å². The smallest absolute Gasteiger partial charge is 0.228 e. The lowest BCUT2D eigenvalue weighted by Gasteiger charge is -2.28. The molecule has 0 unspecified atom stereocenters. The van der Waals surface area contributed by atoms with Gasteiger partial charge in [-0.3, -0.25) is 4.79 Å². The molecule has 0 spiro atoms. The molecule has 0 saturated carbocycles. The highest BCUT2D eigenvalue weighted by Gasteiger charge is 2.35. The molecule has 0 radical (unpaired) electrons. The van der Waals surface area contributed by atoms with Gasteiger partial charge in [0.2, 0.25) is 9.70 Å². The monoisotopic (exact) mass is 451 g/mol. The molecule has 1 rings (SSSR count). The molecule has 0 aliphatic carbocycles. The fraction of sp³-hybridized carbons (Fsp3) is 0.857. The fourth-order valence-electron chi connectivity index (χ4n) is 2.41. The molecule has 11 heteroatoms. The van der Waals surface area contributed by atoms with Crippen molar-refractivity contribution in [2.45, 2.75) is 61.4 Å². The first-order chi connectivity index (χ1) is 11.5. The van der Waals surface area contributed by atoms with Crippen molar-refractivity contribution in [1.82, 2.24) is 16.0 Å². The molecule has 146 valence electrons. The van der Waals surface area contributed by atoms with Crippen LogP contribution in [0.25, 0.3) is 0 Å². The van der Waals surface area contributed by atoms with Crippen LogP contribution < -0.4 is 16.0 Å². The molecule has 2 atom stereocenters. The highest BCUT2D eigenvalue weighted by atomic mass is 35.6. The summed E-state index contributed by atoms with van der Waals surface area (Å²) >= 11 is 22.9. The van der Waals surface area contributed by atoms with Crippen LogP contribution in [0.3, 0.4) is 0 Å². The van der Waals surface area contributed by atoms with Gasteiger partial charge in [0, 0.05) is 12.5 Å². The van der Waals surface area contributed by atoms with E-state index in [4.69, 9.17) is 47.0 Å². The number of unbranched alkanes of at least 4 members (excludes halogenated alkanes) is 3. The maximum absolute atomic E-state index is 12.0. The summed E-state index contributed by atoms with van der Waals surface area (Å²) in [6.07, 6.45) is 3.65. The lowest BCUT2D eigenvalue weighted by molar-refractivity contribution is -0.122. The highest BCUT2D eigenvalue weighted by molar-refractivity contribution is 7.91. The van der Waals surface area contributed by atoms with Gasteiger partial charge in [0.25, 0.3) is 0 Å². The lowest BCUT2D eigenvalue weighted by atomic mass is 10.1. The molecule has 0 aromatic rings. The molecule has 1 aliphatic heterocycles. The van der Waals surface area contributed by atoms with Crippen LogP contribution in [-0.4, -0.2) is 46.9 Å². The number of halogens is 3. The van der Waals surface area contributed by atoms with Gasteiger partial charge in [-0.15, -0.1) is 0 Å². The van der Waals surface area contributed by atoms with Gasteiger partial charge in [0.15, 0.2) is 14.9 Å². The zero-order valence-electron chi connectivity index (χ0n) is 14.0. The third-order valence-electron chi connectivity index (χ3n) is 3.73. The molecule has 25 heavy (non-hydrogen) atoms. The molecule has 1 fully saturated rings. The number of nitrogens with one attached hydrogen (secondary N) is 3. The lowest BCUT2D eigenvalue weighted by Crippen LogP contribution is -2.58. The van der Waals surface area contributed by atoms with Gasteiger partial charge < -0.3 is 16.0 Å². The Labute approximate surface area is 169 Å². The zero-order valence-corrected chi connectivity index (χ0v) is 17.9. The number of amides is 1. The summed E-state index contributed by atoms with van der Waals surface area (Å²) in [7, 11) is -3.03. The van der Waals surface area contributed by atoms with Crippen LogP contribution in [-0.2, 0) is 14.6 Å². The molecule has 0 bridgehead atoms. The Hall–Kier alpha value is -0.0200. The van der Waals surface area contributed by atoms with Crippen molar-refractivity contribution in [3.8, 4) is 0 Å². The number of hydrogen-bond donors (Lipinski definition) is 3. The van der Waals surface area contributed by atoms with Crippen molar-refractivity contribution >= 4 is 67.9 Å². The number of carbonyl (C=O) groups is 1. The van der Waals surface area contributed by atoms with Crippen molar-refractivity contribution in [2.24, 2.45) is 0 Å². The van der Waals surface area contributed by atoms with E-state index in [1.165, 1.54) is 0 Å². The van der Waals surface area contributed by atoms with Gasteiger partial charge in [-0.2, -0.15) is 0 Å². The number of alkyl halides is 3. The second kappa shape index (κ2) is 10.3. The summed E-state index contributed by atoms with van der Waals surface area (Å²) in [5, 5.41) is 8.37. The minimum absolute atomic E-state index is 0.0110. The van der Waals surface area contributed by atoms with Crippen LogP contribution >= 0.6 is 47.0 Å². The van der Waals surface area contributed by atoms with Crippen LogP contribution in [0, 0.1) is 0 Å². The molecule has 0 aromatic heterocycles. The van der Waals surface area contributed by atoms with E-state index in [2.05, 4.69) is 22.9 Å². The minimum Gasteiger partial charge on any atom is -0.359 e. The van der Waals surface area contributed by atoms with E-state index in [0.29, 0.717) is 12.8 Å². The van der Waals surface area contributed by atoms with Crippen molar-refractivity contribution in [1.29, 1.82) is 0 Å². The van der Waals surface area contributed by atoms with Gasteiger partial charge in [0.05, 0.1) is 11.5 Å². The Morgan fingerprint density at radius 3 is 2.44 bits per heavy atom. The number of rotatable bonds is 8. The molecular weight excluding hydrogens is 429 g/mol. The maximum atomic E-state index is 12.0. The van der Waals surface area contributed by atoms with Crippen LogP contribution in [0.4, 0.5) is 0 Å². The summed E-state index contributed by atoms with van der Waals surface area (Å²) in [4.78, 5) is 12.0. The topological polar surface area (TPSA) is 87.3 Å². The minimum atomic E-state index is -3.03. The van der Waals surface area contributed by atoms with E-state index in [1.807, 2.05) is 0 Å². The molecule has 3 N–H and O–H groups in total. The average molecular weight is 453 g/mol. The standard InChI is InChI=1S/C14H24Cl3N3O3S2/c1-2-3-4-5-6-11(21)19-12(14(15,16)17)20-13(24)18-10-7-8-25(22,23)9-10/h10,12H,2-9H2,1H3,(H,19,21)(H2,18,20,24)/t10-,12-/m1/s1. The van der Waals surface area contributed by atoms with Gasteiger partial charge in [-0.05, 0) is 25.1 Å². The third-order valence-corrected chi connectivity index (χ3v) is 6.39. The Bertz CT molecular complexity index is 567. The van der Waals surface area contributed by atoms with Gasteiger partial charge in [-0.25, -0.2) is 8.42 Å². The summed E-state index contributed by atoms with van der Waals surface area (Å²) in [6, 6.07) is -0.286. The third kappa shape index (κ3) is 9.47. The first kappa shape index (κ1) is 23.0. The number of carbonyl (C=O) groups excluding carboxylic acids is 1.